The van der Waals surface area contributed by atoms with Gasteiger partial charge in [0, 0.05) is 17.3 Å². The Morgan fingerprint density at radius 2 is 2.08 bits per heavy atom. The van der Waals surface area contributed by atoms with E-state index in [9.17, 15) is 9.00 Å². The van der Waals surface area contributed by atoms with E-state index in [4.69, 9.17) is 16.0 Å². The highest BCUT2D eigenvalue weighted by Crippen LogP contribution is 2.28. The first-order chi connectivity index (χ1) is 11.9. The van der Waals surface area contributed by atoms with Crippen LogP contribution >= 0.6 is 11.6 Å². The van der Waals surface area contributed by atoms with E-state index in [0.29, 0.717) is 40.4 Å². The SMILES string of the molecule is Cc1oc(-c2ccccc2Cl)nc1CS(=O)CC(=O)NCCC(C)C. The van der Waals surface area contributed by atoms with Gasteiger partial charge in [0.15, 0.2) is 0 Å². The third-order valence-electron chi connectivity index (χ3n) is 3.63. The molecule has 0 bridgehead atoms. The van der Waals surface area contributed by atoms with Crippen LogP contribution < -0.4 is 5.32 Å². The van der Waals surface area contributed by atoms with E-state index in [1.54, 1.807) is 13.0 Å². The summed E-state index contributed by atoms with van der Waals surface area (Å²) < 4.78 is 17.9. The summed E-state index contributed by atoms with van der Waals surface area (Å²) in [4.78, 5) is 16.2. The Balaban J connectivity index is 1.95. The molecule has 0 aliphatic carbocycles. The van der Waals surface area contributed by atoms with Gasteiger partial charge >= 0.3 is 0 Å². The number of benzene rings is 1. The van der Waals surface area contributed by atoms with Crippen LogP contribution in [0.25, 0.3) is 11.5 Å². The first-order valence-electron chi connectivity index (χ1n) is 8.19. The van der Waals surface area contributed by atoms with Gasteiger partial charge < -0.3 is 9.73 Å². The molecule has 1 N–H and O–H groups in total. The van der Waals surface area contributed by atoms with Crippen molar-refractivity contribution in [3.63, 3.8) is 0 Å². The van der Waals surface area contributed by atoms with E-state index in [2.05, 4.69) is 24.1 Å². The molecule has 7 heteroatoms. The predicted molar refractivity (Wildman–Crippen MR) is 101 cm³/mol. The lowest BCUT2D eigenvalue weighted by Crippen LogP contribution is -2.30. The standard InChI is InChI=1S/C18H23ClN2O3S/c1-12(2)8-9-20-17(22)11-25(23)10-16-13(3)24-18(21-16)14-6-4-5-7-15(14)19/h4-7,12H,8-11H2,1-3H3,(H,20,22). The lowest BCUT2D eigenvalue weighted by Gasteiger charge is -2.06. The lowest BCUT2D eigenvalue weighted by molar-refractivity contribution is -0.118. The Bertz CT molecular complexity index is 759. The Kier molecular flexibility index (Phi) is 7.20. The second-order valence-corrected chi connectivity index (χ2v) is 8.13. The molecule has 1 atom stereocenters. The molecule has 1 aromatic carbocycles. The highest BCUT2D eigenvalue weighted by atomic mass is 35.5. The van der Waals surface area contributed by atoms with E-state index in [1.165, 1.54) is 0 Å². The second kappa shape index (κ2) is 9.15. The zero-order chi connectivity index (χ0) is 18.4. The monoisotopic (exact) mass is 382 g/mol. The molecule has 0 radical (unpaired) electrons. The summed E-state index contributed by atoms with van der Waals surface area (Å²) >= 11 is 6.15. The van der Waals surface area contributed by atoms with Gasteiger partial charge in [-0.05, 0) is 31.4 Å². The highest BCUT2D eigenvalue weighted by Gasteiger charge is 2.17. The van der Waals surface area contributed by atoms with Crippen LogP contribution in [0.3, 0.4) is 0 Å². The third kappa shape index (κ3) is 5.97. The normalized spacial score (nSPS) is 12.4. The predicted octanol–water partition coefficient (Wildman–Crippen LogP) is 3.71. The molecule has 1 unspecified atom stereocenters. The van der Waals surface area contributed by atoms with Crippen LogP contribution in [-0.2, 0) is 21.3 Å². The maximum absolute atomic E-state index is 12.2. The summed E-state index contributed by atoms with van der Waals surface area (Å²) in [5.74, 6) is 1.45. The van der Waals surface area contributed by atoms with Gasteiger partial charge in [-0.15, -0.1) is 0 Å². The van der Waals surface area contributed by atoms with E-state index < -0.39 is 10.8 Å². The number of nitrogens with zero attached hydrogens (tertiary/aromatic N) is 1. The molecule has 1 amide bonds. The second-order valence-electron chi connectivity index (χ2n) is 6.26. The summed E-state index contributed by atoms with van der Waals surface area (Å²) in [6.45, 7) is 6.55. The minimum atomic E-state index is -1.34. The molecule has 0 aliphatic heterocycles. The smallest absolute Gasteiger partial charge is 0.232 e. The summed E-state index contributed by atoms with van der Waals surface area (Å²) in [6, 6.07) is 7.25. The Hall–Kier alpha value is -1.66. The molecule has 25 heavy (non-hydrogen) atoms. The number of nitrogens with one attached hydrogen (secondary N) is 1. The van der Waals surface area contributed by atoms with Gasteiger partial charge in [-0.1, -0.05) is 37.6 Å². The number of hydrogen-bond acceptors (Lipinski definition) is 4. The van der Waals surface area contributed by atoms with Crippen LogP contribution in [0.4, 0.5) is 0 Å². The summed E-state index contributed by atoms with van der Waals surface area (Å²) in [5.41, 5.74) is 1.28. The fourth-order valence-electron chi connectivity index (χ4n) is 2.21. The maximum atomic E-state index is 12.2. The van der Waals surface area contributed by atoms with E-state index >= 15 is 0 Å². The molecular weight excluding hydrogens is 360 g/mol. The Labute approximate surface area is 155 Å². The average molecular weight is 383 g/mol. The topological polar surface area (TPSA) is 72.2 Å². The molecule has 2 aromatic rings. The van der Waals surface area contributed by atoms with Gasteiger partial charge in [0.05, 0.1) is 22.0 Å². The molecule has 0 aliphatic rings. The molecule has 5 nitrogen and oxygen atoms in total. The molecule has 1 heterocycles. The zero-order valence-corrected chi connectivity index (χ0v) is 16.2. The quantitative estimate of drug-likeness (QED) is 0.755. The molecule has 2 rings (SSSR count). The van der Waals surface area contributed by atoms with Crippen LogP contribution in [0.1, 0.15) is 31.7 Å². The molecule has 0 saturated heterocycles. The third-order valence-corrected chi connectivity index (χ3v) is 5.14. The van der Waals surface area contributed by atoms with Crippen LogP contribution in [0.15, 0.2) is 28.7 Å². The number of carbonyl (C=O) groups excluding carboxylic acids is 1. The number of hydrogen-bond donors (Lipinski definition) is 1. The first-order valence-corrected chi connectivity index (χ1v) is 10.1. The fourth-order valence-corrected chi connectivity index (χ4v) is 3.50. The summed E-state index contributed by atoms with van der Waals surface area (Å²) in [5, 5.41) is 3.33. The molecule has 136 valence electrons. The van der Waals surface area contributed by atoms with Crippen molar-refractivity contribution in [1.29, 1.82) is 0 Å². The molecule has 1 aromatic heterocycles. The lowest BCUT2D eigenvalue weighted by atomic mass is 10.1. The number of halogens is 1. The Morgan fingerprint density at radius 3 is 2.76 bits per heavy atom. The van der Waals surface area contributed by atoms with Crippen LogP contribution in [0, 0.1) is 12.8 Å². The van der Waals surface area contributed by atoms with Gasteiger partial charge in [-0.2, -0.15) is 0 Å². The number of rotatable bonds is 8. The summed E-state index contributed by atoms with van der Waals surface area (Å²) in [6.07, 6.45) is 0.905. The summed E-state index contributed by atoms with van der Waals surface area (Å²) in [7, 11) is -1.34. The Morgan fingerprint density at radius 1 is 1.36 bits per heavy atom. The van der Waals surface area contributed by atoms with Crippen molar-refractivity contribution >= 4 is 28.3 Å². The van der Waals surface area contributed by atoms with Crippen molar-refractivity contribution in [1.82, 2.24) is 10.3 Å². The van der Waals surface area contributed by atoms with Crippen LogP contribution in [0.5, 0.6) is 0 Å². The van der Waals surface area contributed by atoms with E-state index in [1.807, 2.05) is 18.2 Å². The zero-order valence-electron chi connectivity index (χ0n) is 14.7. The van der Waals surface area contributed by atoms with Gasteiger partial charge in [-0.3, -0.25) is 9.00 Å². The van der Waals surface area contributed by atoms with Crippen molar-refractivity contribution < 1.29 is 13.4 Å². The van der Waals surface area contributed by atoms with Gasteiger partial charge in [0.25, 0.3) is 0 Å². The van der Waals surface area contributed by atoms with Gasteiger partial charge in [0.1, 0.15) is 11.5 Å². The number of oxazole rings is 1. The van der Waals surface area contributed by atoms with Crippen molar-refractivity contribution in [3.05, 3.63) is 40.7 Å². The first kappa shape index (κ1) is 19.7. The average Bonchev–Trinajstić information content (AvgIpc) is 2.87. The van der Waals surface area contributed by atoms with Gasteiger partial charge in [-0.25, -0.2) is 4.98 Å². The number of carbonyl (C=O) groups is 1. The van der Waals surface area contributed by atoms with Crippen molar-refractivity contribution in [2.45, 2.75) is 32.9 Å². The fraction of sp³-hybridized carbons (Fsp3) is 0.444. The maximum Gasteiger partial charge on any atom is 0.232 e. The number of aryl methyl sites for hydroxylation is 1. The van der Waals surface area contributed by atoms with Gasteiger partial charge in [0.2, 0.25) is 11.8 Å². The van der Waals surface area contributed by atoms with Crippen molar-refractivity contribution in [2.75, 3.05) is 12.3 Å². The van der Waals surface area contributed by atoms with E-state index in [-0.39, 0.29) is 17.4 Å². The molecule has 0 saturated carbocycles. The minimum Gasteiger partial charge on any atom is -0.441 e. The van der Waals surface area contributed by atoms with Crippen LogP contribution in [-0.4, -0.2) is 27.4 Å². The molecular formula is C18H23ClN2O3S. The van der Waals surface area contributed by atoms with Crippen molar-refractivity contribution in [3.8, 4) is 11.5 Å². The number of amides is 1. The highest BCUT2D eigenvalue weighted by molar-refractivity contribution is 7.84. The van der Waals surface area contributed by atoms with Crippen molar-refractivity contribution in [2.24, 2.45) is 5.92 Å². The van der Waals surface area contributed by atoms with E-state index in [0.717, 1.165) is 6.42 Å². The van der Waals surface area contributed by atoms with Crippen LogP contribution in [0.2, 0.25) is 5.02 Å². The largest absolute Gasteiger partial charge is 0.441 e. The molecule has 0 fully saturated rings. The minimum absolute atomic E-state index is 0.0359. The molecule has 0 spiro atoms. The number of aromatic nitrogens is 1.